The van der Waals surface area contributed by atoms with Gasteiger partial charge in [-0.25, -0.2) is 8.42 Å². The van der Waals surface area contributed by atoms with E-state index in [0.29, 0.717) is 5.02 Å². The lowest BCUT2D eigenvalue weighted by molar-refractivity contribution is 0.233. The van der Waals surface area contributed by atoms with Crippen LogP contribution in [0.15, 0.2) is 23.1 Å². The molecule has 21 heavy (non-hydrogen) atoms. The lowest BCUT2D eigenvalue weighted by Gasteiger charge is -2.33. The molecular weight excluding hydrogens is 308 g/mol. The molecule has 1 fully saturated rings. The van der Waals surface area contributed by atoms with Crippen molar-refractivity contribution in [2.45, 2.75) is 50.0 Å². The van der Waals surface area contributed by atoms with E-state index in [9.17, 15) is 8.42 Å². The Morgan fingerprint density at radius 1 is 1.29 bits per heavy atom. The Bertz CT molecular complexity index is 596. The molecular formula is C15H23ClN2O2S. The summed E-state index contributed by atoms with van der Waals surface area (Å²) in [6, 6.07) is 4.59. The molecule has 1 aromatic rings. The van der Waals surface area contributed by atoms with E-state index in [1.54, 1.807) is 13.1 Å². The molecule has 0 aliphatic heterocycles. The van der Waals surface area contributed by atoms with Gasteiger partial charge < -0.3 is 5.73 Å². The Balaban J connectivity index is 2.19. The summed E-state index contributed by atoms with van der Waals surface area (Å²) in [5.74, 6) is 0.734. The van der Waals surface area contributed by atoms with E-state index in [0.717, 1.165) is 31.6 Å². The molecule has 1 aliphatic carbocycles. The van der Waals surface area contributed by atoms with Crippen LogP contribution in [0.5, 0.6) is 0 Å². The molecule has 0 bridgehead atoms. The van der Waals surface area contributed by atoms with Gasteiger partial charge in [-0.1, -0.05) is 24.9 Å². The summed E-state index contributed by atoms with van der Waals surface area (Å²) in [6.07, 6.45) is 5.20. The summed E-state index contributed by atoms with van der Waals surface area (Å²) >= 11 is 5.84. The molecule has 1 aliphatic rings. The second-order valence-corrected chi connectivity index (χ2v) is 8.19. The van der Waals surface area contributed by atoms with E-state index in [1.807, 2.05) is 0 Å². The summed E-state index contributed by atoms with van der Waals surface area (Å²) in [5.41, 5.74) is 6.03. The number of hydrogen-bond donors (Lipinski definition) is 1. The highest BCUT2D eigenvalue weighted by atomic mass is 35.5. The Kier molecular flexibility index (Phi) is 5.17. The van der Waals surface area contributed by atoms with Crippen molar-refractivity contribution in [3.8, 4) is 0 Å². The van der Waals surface area contributed by atoms with Gasteiger partial charge in [0.05, 0.1) is 5.69 Å². The maximum atomic E-state index is 12.7. The second kappa shape index (κ2) is 6.55. The topological polar surface area (TPSA) is 63.4 Å². The molecule has 1 saturated carbocycles. The van der Waals surface area contributed by atoms with Crippen LogP contribution in [0.3, 0.4) is 0 Å². The fourth-order valence-electron chi connectivity index (χ4n) is 3.02. The zero-order valence-electron chi connectivity index (χ0n) is 12.5. The number of rotatable bonds is 4. The van der Waals surface area contributed by atoms with Crippen molar-refractivity contribution in [2.24, 2.45) is 5.92 Å². The molecule has 6 heteroatoms. The van der Waals surface area contributed by atoms with Crippen LogP contribution in [-0.4, -0.2) is 25.8 Å². The summed E-state index contributed by atoms with van der Waals surface area (Å²) in [4.78, 5) is 0.145. The van der Waals surface area contributed by atoms with Crippen LogP contribution in [0.2, 0.25) is 5.02 Å². The summed E-state index contributed by atoms with van der Waals surface area (Å²) in [5, 5.41) is 0.442. The minimum atomic E-state index is -3.56. The zero-order chi connectivity index (χ0) is 15.6. The maximum Gasteiger partial charge on any atom is 0.245 e. The third-order valence-corrected chi connectivity index (χ3v) is 6.76. The van der Waals surface area contributed by atoms with Crippen LogP contribution in [-0.2, 0) is 10.0 Å². The number of nitrogens with two attached hydrogens (primary N) is 1. The minimum Gasteiger partial charge on any atom is -0.398 e. The molecule has 0 radical (unpaired) electrons. The van der Waals surface area contributed by atoms with Crippen molar-refractivity contribution in [1.82, 2.24) is 4.31 Å². The standard InChI is InChI=1S/C15H23ClN2O2S/c1-3-11-4-7-13(8-5-11)18(2)21(19,20)15-9-6-12(16)10-14(15)17/h6,9-11,13H,3-5,7-8,17H2,1-2H3. The quantitative estimate of drug-likeness (QED) is 0.859. The van der Waals surface area contributed by atoms with E-state index < -0.39 is 10.0 Å². The fraction of sp³-hybridized carbons (Fsp3) is 0.600. The van der Waals surface area contributed by atoms with Gasteiger partial charge in [0.1, 0.15) is 4.90 Å². The third-order valence-electron chi connectivity index (χ3n) is 4.54. The number of benzene rings is 1. The second-order valence-electron chi connectivity index (χ2n) is 5.79. The molecule has 0 atom stereocenters. The monoisotopic (exact) mass is 330 g/mol. The Morgan fingerprint density at radius 3 is 2.43 bits per heavy atom. The summed E-state index contributed by atoms with van der Waals surface area (Å²) in [7, 11) is -1.91. The van der Waals surface area contributed by atoms with Gasteiger partial charge in [0, 0.05) is 18.1 Å². The van der Waals surface area contributed by atoms with Gasteiger partial charge in [-0.2, -0.15) is 4.31 Å². The molecule has 2 rings (SSSR count). The van der Waals surface area contributed by atoms with Gasteiger partial charge in [-0.05, 0) is 49.8 Å². The predicted molar refractivity (Wildman–Crippen MR) is 86.9 cm³/mol. The Labute approximate surface area is 132 Å². The fourth-order valence-corrected chi connectivity index (χ4v) is 4.71. The number of halogens is 1. The molecule has 0 amide bonds. The lowest BCUT2D eigenvalue weighted by Crippen LogP contribution is -2.39. The lowest BCUT2D eigenvalue weighted by atomic mass is 9.85. The molecule has 2 N–H and O–H groups in total. The van der Waals surface area contributed by atoms with Crippen LogP contribution in [0.1, 0.15) is 39.0 Å². The normalized spacial score (nSPS) is 23.4. The Hall–Kier alpha value is -0.780. The van der Waals surface area contributed by atoms with Crippen LogP contribution < -0.4 is 5.73 Å². The average Bonchev–Trinajstić information content (AvgIpc) is 2.46. The van der Waals surface area contributed by atoms with Crippen LogP contribution >= 0.6 is 11.6 Å². The van der Waals surface area contributed by atoms with Crippen molar-refractivity contribution in [3.63, 3.8) is 0 Å². The number of nitrogens with zero attached hydrogens (tertiary/aromatic N) is 1. The molecule has 0 saturated heterocycles. The highest BCUT2D eigenvalue weighted by molar-refractivity contribution is 7.89. The highest BCUT2D eigenvalue weighted by Gasteiger charge is 2.32. The number of nitrogen functional groups attached to an aromatic ring is 1. The van der Waals surface area contributed by atoms with Crippen molar-refractivity contribution in [3.05, 3.63) is 23.2 Å². The first-order chi connectivity index (χ1) is 9.86. The average molecular weight is 331 g/mol. The van der Waals surface area contributed by atoms with Gasteiger partial charge in [0.2, 0.25) is 10.0 Å². The smallest absolute Gasteiger partial charge is 0.245 e. The van der Waals surface area contributed by atoms with Gasteiger partial charge in [-0.3, -0.25) is 0 Å². The number of hydrogen-bond acceptors (Lipinski definition) is 3. The molecule has 0 heterocycles. The molecule has 0 spiro atoms. The highest BCUT2D eigenvalue weighted by Crippen LogP contribution is 2.33. The predicted octanol–water partition coefficient (Wildman–Crippen LogP) is 3.51. The van der Waals surface area contributed by atoms with E-state index in [1.165, 1.54) is 22.9 Å². The van der Waals surface area contributed by atoms with Crippen molar-refractivity contribution in [2.75, 3.05) is 12.8 Å². The molecule has 4 nitrogen and oxygen atoms in total. The van der Waals surface area contributed by atoms with Gasteiger partial charge in [0.15, 0.2) is 0 Å². The first-order valence-electron chi connectivity index (χ1n) is 7.39. The van der Waals surface area contributed by atoms with Crippen LogP contribution in [0.4, 0.5) is 5.69 Å². The third kappa shape index (κ3) is 3.52. The Morgan fingerprint density at radius 2 is 1.90 bits per heavy atom. The SMILES string of the molecule is CCC1CCC(N(C)S(=O)(=O)c2ccc(Cl)cc2N)CC1. The number of anilines is 1. The number of sulfonamides is 1. The molecule has 1 aromatic carbocycles. The van der Waals surface area contributed by atoms with Gasteiger partial charge in [-0.15, -0.1) is 0 Å². The van der Waals surface area contributed by atoms with Crippen molar-refractivity contribution in [1.29, 1.82) is 0 Å². The summed E-state index contributed by atoms with van der Waals surface area (Å²) < 4.78 is 26.9. The first kappa shape index (κ1) is 16.6. The molecule has 0 unspecified atom stereocenters. The van der Waals surface area contributed by atoms with E-state index in [4.69, 9.17) is 17.3 Å². The van der Waals surface area contributed by atoms with Crippen LogP contribution in [0.25, 0.3) is 0 Å². The molecule has 118 valence electrons. The maximum absolute atomic E-state index is 12.7. The first-order valence-corrected chi connectivity index (χ1v) is 9.21. The summed E-state index contributed by atoms with van der Waals surface area (Å²) in [6.45, 7) is 2.19. The molecule has 0 aromatic heterocycles. The zero-order valence-corrected chi connectivity index (χ0v) is 14.1. The van der Waals surface area contributed by atoms with Gasteiger partial charge in [0.25, 0.3) is 0 Å². The van der Waals surface area contributed by atoms with E-state index >= 15 is 0 Å². The van der Waals surface area contributed by atoms with Crippen molar-refractivity contribution < 1.29 is 8.42 Å². The van der Waals surface area contributed by atoms with Crippen LogP contribution in [0, 0.1) is 5.92 Å². The van der Waals surface area contributed by atoms with E-state index in [-0.39, 0.29) is 16.6 Å². The van der Waals surface area contributed by atoms with E-state index in [2.05, 4.69) is 6.92 Å². The van der Waals surface area contributed by atoms with Gasteiger partial charge >= 0.3 is 0 Å². The van der Waals surface area contributed by atoms with Crippen molar-refractivity contribution >= 4 is 27.3 Å². The largest absolute Gasteiger partial charge is 0.398 e. The minimum absolute atomic E-state index is 0.0629.